The first-order chi connectivity index (χ1) is 15.8. The van der Waals surface area contributed by atoms with E-state index in [2.05, 4.69) is 20.0 Å². The molecule has 2 aromatic heterocycles. The summed E-state index contributed by atoms with van der Waals surface area (Å²) in [5.74, 6) is 1.42. The summed E-state index contributed by atoms with van der Waals surface area (Å²) < 4.78 is 1.72. The molecule has 32 heavy (non-hydrogen) atoms. The summed E-state index contributed by atoms with van der Waals surface area (Å²) in [6.45, 7) is 2.74. The van der Waals surface area contributed by atoms with Gasteiger partial charge >= 0.3 is 0 Å². The minimum atomic E-state index is -0.297. The van der Waals surface area contributed by atoms with Gasteiger partial charge in [-0.2, -0.15) is 5.10 Å². The third-order valence-corrected chi connectivity index (χ3v) is 5.81. The van der Waals surface area contributed by atoms with Crippen molar-refractivity contribution in [1.82, 2.24) is 24.6 Å². The molecule has 0 N–H and O–H groups in total. The minimum absolute atomic E-state index is 0.141. The lowest BCUT2D eigenvalue weighted by atomic mass is 9.90. The summed E-state index contributed by atoms with van der Waals surface area (Å²) in [5.41, 5.74) is 2.04. The van der Waals surface area contributed by atoms with Crippen LogP contribution in [0, 0.1) is 0 Å². The molecule has 3 heterocycles. The van der Waals surface area contributed by atoms with Crippen molar-refractivity contribution >= 4 is 11.7 Å². The van der Waals surface area contributed by atoms with E-state index in [1.54, 1.807) is 17.2 Å². The quantitative estimate of drug-likeness (QED) is 0.492. The van der Waals surface area contributed by atoms with Gasteiger partial charge in [-0.15, -0.1) is 0 Å². The Bertz CT molecular complexity index is 1120. The zero-order valence-electron chi connectivity index (χ0n) is 17.7. The molecule has 1 fully saturated rings. The van der Waals surface area contributed by atoms with Crippen LogP contribution in [0.15, 0.2) is 91.5 Å². The second-order valence-corrected chi connectivity index (χ2v) is 7.75. The SMILES string of the molecule is O=C(C(c1ccccc1)c1ccccc1)N1CCN(c2cc(-n3cccn3)ncn2)CC1. The molecule has 0 saturated carbocycles. The molecule has 7 nitrogen and oxygen atoms in total. The molecule has 1 saturated heterocycles. The van der Waals surface area contributed by atoms with Gasteiger partial charge in [0.2, 0.25) is 5.91 Å². The lowest BCUT2D eigenvalue weighted by molar-refractivity contribution is -0.132. The minimum Gasteiger partial charge on any atom is -0.353 e. The van der Waals surface area contributed by atoms with Crippen LogP contribution in [0.5, 0.6) is 0 Å². The molecule has 0 spiro atoms. The topological polar surface area (TPSA) is 67.2 Å². The fraction of sp³-hybridized carbons (Fsp3) is 0.200. The predicted octanol–water partition coefficient (Wildman–Crippen LogP) is 3.14. The molecule has 0 bridgehead atoms. The summed E-state index contributed by atoms with van der Waals surface area (Å²) >= 11 is 0. The Hall–Kier alpha value is -4.00. The summed E-state index contributed by atoms with van der Waals surface area (Å²) in [5, 5.41) is 4.24. The molecule has 1 aliphatic heterocycles. The standard InChI is InChI=1S/C25H24N6O/c32-25(24(20-8-3-1-4-9-20)21-10-5-2-6-11-21)30-16-14-29(15-17-30)22-18-23(27-19-26-22)31-13-7-12-28-31/h1-13,18-19,24H,14-17H2. The maximum atomic E-state index is 13.6. The highest BCUT2D eigenvalue weighted by Crippen LogP contribution is 2.27. The Morgan fingerprint density at radius 2 is 1.41 bits per heavy atom. The molecule has 1 amide bonds. The number of anilines is 1. The van der Waals surface area contributed by atoms with Gasteiger partial charge in [0.15, 0.2) is 5.82 Å². The molecule has 0 aliphatic carbocycles. The molecule has 1 aliphatic rings. The number of carbonyl (C=O) groups excluding carboxylic acids is 1. The number of piperazine rings is 1. The maximum absolute atomic E-state index is 13.6. The third-order valence-electron chi connectivity index (χ3n) is 5.81. The summed E-state index contributed by atoms with van der Waals surface area (Å²) in [4.78, 5) is 26.5. The van der Waals surface area contributed by atoms with Crippen LogP contribution in [-0.4, -0.2) is 56.7 Å². The van der Waals surface area contributed by atoms with Gasteiger partial charge in [0.1, 0.15) is 12.1 Å². The predicted molar refractivity (Wildman–Crippen MR) is 123 cm³/mol. The van der Waals surface area contributed by atoms with Crippen molar-refractivity contribution in [2.24, 2.45) is 0 Å². The zero-order chi connectivity index (χ0) is 21.8. The highest BCUT2D eigenvalue weighted by molar-refractivity contribution is 5.87. The van der Waals surface area contributed by atoms with Crippen LogP contribution in [0.3, 0.4) is 0 Å². The van der Waals surface area contributed by atoms with E-state index in [-0.39, 0.29) is 11.8 Å². The lowest BCUT2D eigenvalue weighted by Gasteiger charge is -2.37. The zero-order valence-corrected chi connectivity index (χ0v) is 17.7. The molecule has 7 heteroatoms. The highest BCUT2D eigenvalue weighted by Gasteiger charge is 2.30. The Labute approximate surface area is 187 Å². The van der Waals surface area contributed by atoms with Crippen molar-refractivity contribution < 1.29 is 4.79 Å². The second-order valence-electron chi connectivity index (χ2n) is 7.75. The van der Waals surface area contributed by atoms with E-state index in [1.165, 1.54) is 0 Å². The van der Waals surface area contributed by atoms with Gasteiger partial charge in [0.05, 0.1) is 5.92 Å². The molecule has 0 radical (unpaired) electrons. The molecular weight excluding hydrogens is 400 g/mol. The fourth-order valence-corrected chi connectivity index (χ4v) is 4.15. The normalized spacial score (nSPS) is 14.0. The average molecular weight is 425 g/mol. The van der Waals surface area contributed by atoms with Crippen LogP contribution in [0.25, 0.3) is 5.82 Å². The Morgan fingerprint density at radius 3 is 2.00 bits per heavy atom. The van der Waals surface area contributed by atoms with Gasteiger partial charge in [0, 0.05) is 44.6 Å². The number of amides is 1. The van der Waals surface area contributed by atoms with Crippen molar-refractivity contribution in [3.8, 4) is 5.82 Å². The van der Waals surface area contributed by atoms with Gasteiger partial charge in [-0.3, -0.25) is 4.79 Å². The summed E-state index contributed by atoms with van der Waals surface area (Å²) in [6, 6.07) is 23.8. The number of aromatic nitrogens is 4. The van der Waals surface area contributed by atoms with Crippen molar-refractivity contribution in [2.75, 3.05) is 31.1 Å². The summed E-state index contributed by atoms with van der Waals surface area (Å²) in [6.07, 6.45) is 5.14. The van der Waals surface area contributed by atoms with Crippen molar-refractivity contribution in [3.63, 3.8) is 0 Å². The average Bonchev–Trinajstić information content (AvgIpc) is 3.41. The lowest BCUT2D eigenvalue weighted by Crippen LogP contribution is -2.50. The second kappa shape index (κ2) is 9.01. The van der Waals surface area contributed by atoms with Crippen molar-refractivity contribution in [1.29, 1.82) is 0 Å². The number of nitrogens with zero attached hydrogens (tertiary/aromatic N) is 6. The van der Waals surface area contributed by atoms with Crippen molar-refractivity contribution in [2.45, 2.75) is 5.92 Å². The summed E-state index contributed by atoms with van der Waals surface area (Å²) in [7, 11) is 0. The largest absolute Gasteiger partial charge is 0.353 e. The number of carbonyl (C=O) groups is 1. The van der Waals surface area contributed by atoms with Crippen LogP contribution >= 0.6 is 0 Å². The number of hydrogen-bond acceptors (Lipinski definition) is 5. The van der Waals surface area contributed by atoms with Gasteiger partial charge in [-0.25, -0.2) is 14.6 Å². The highest BCUT2D eigenvalue weighted by atomic mass is 16.2. The van der Waals surface area contributed by atoms with E-state index in [4.69, 9.17) is 0 Å². The van der Waals surface area contributed by atoms with Crippen LogP contribution in [-0.2, 0) is 4.79 Å². The first-order valence-electron chi connectivity index (χ1n) is 10.8. The van der Waals surface area contributed by atoms with E-state index < -0.39 is 0 Å². The smallest absolute Gasteiger partial charge is 0.234 e. The molecule has 2 aromatic carbocycles. The van der Waals surface area contributed by atoms with Crippen LogP contribution in [0.2, 0.25) is 0 Å². The van der Waals surface area contributed by atoms with Gasteiger partial charge in [0.25, 0.3) is 0 Å². The Kier molecular flexibility index (Phi) is 5.61. The maximum Gasteiger partial charge on any atom is 0.234 e. The first-order valence-corrected chi connectivity index (χ1v) is 10.8. The Balaban J connectivity index is 1.32. The molecule has 5 rings (SSSR count). The molecule has 160 valence electrons. The van der Waals surface area contributed by atoms with Crippen LogP contribution in [0.1, 0.15) is 17.0 Å². The number of rotatable bonds is 5. The molecule has 4 aromatic rings. The molecule has 0 atom stereocenters. The fourth-order valence-electron chi connectivity index (χ4n) is 4.15. The molecule has 0 unspecified atom stereocenters. The van der Waals surface area contributed by atoms with E-state index in [0.29, 0.717) is 13.1 Å². The number of benzene rings is 2. The van der Waals surface area contributed by atoms with E-state index in [1.807, 2.05) is 83.9 Å². The van der Waals surface area contributed by atoms with Crippen molar-refractivity contribution in [3.05, 3.63) is 103 Å². The van der Waals surface area contributed by atoms with E-state index in [9.17, 15) is 4.79 Å². The molecular formula is C25H24N6O. The monoisotopic (exact) mass is 424 g/mol. The third kappa shape index (κ3) is 4.09. The first kappa shape index (κ1) is 19.9. The Morgan fingerprint density at radius 1 is 0.781 bits per heavy atom. The van der Waals surface area contributed by atoms with Gasteiger partial charge in [-0.1, -0.05) is 60.7 Å². The van der Waals surface area contributed by atoms with Gasteiger partial charge < -0.3 is 9.80 Å². The van der Waals surface area contributed by atoms with Crippen LogP contribution < -0.4 is 4.90 Å². The van der Waals surface area contributed by atoms with E-state index in [0.717, 1.165) is 35.9 Å². The van der Waals surface area contributed by atoms with E-state index >= 15 is 0 Å². The van der Waals surface area contributed by atoms with Gasteiger partial charge in [-0.05, 0) is 17.2 Å². The van der Waals surface area contributed by atoms with Crippen LogP contribution in [0.4, 0.5) is 5.82 Å². The number of hydrogen-bond donors (Lipinski definition) is 0.